The Kier molecular flexibility index (Phi) is 3.23. The second-order valence-electron chi connectivity index (χ2n) is 2.51. The van der Waals surface area contributed by atoms with Crippen LogP contribution in [-0.2, 0) is 4.79 Å². The number of benzene rings is 1. The van der Waals surface area contributed by atoms with Crippen LogP contribution in [-0.4, -0.2) is 17.7 Å². The minimum atomic E-state index is -0.370. The summed E-state index contributed by atoms with van der Waals surface area (Å²) in [5, 5.41) is 10.7. The lowest BCUT2D eigenvalue weighted by atomic mass is 10.1. The van der Waals surface area contributed by atoms with Gasteiger partial charge in [-0.1, -0.05) is 36.9 Å². The van der Waals surface area contributed by atoms with Gasteiger partial charge in [0.1, 0.15) is 6.73 Å². The lowest BCUT2D eigenvalue weighted by Gasteiger charge is -2.04. The van der Waals surface area contributed by atoms with Crippen LogP contribution >= 0.6 is 0 Å². The second-order valence-corrected chi connectivity index (χ2v) is 2.51. The first-order chi connectivity index (χ1) is 6.25. The number of aliphatic hydroxyl groups excluding tert-OH is 1. The van der Waals surface area contributed by atoms with E-state index in [4.69, 9.17) is 5.11 Å². The third-order valence-electron chi connectivity index (χ3n) is 1.64. The number of nitrogens with one attached hydrogen (secondary N) is 1. The van der Waals surface area contributed by atoms with Crippen molar-refractivity contribution < 1.29 is 9.90 Å². The van der Waals surface area contributed by atoms with E-state index in [-0.39, 0.29) is 12.6 Å². The zero-order chi connectivity index (χ0) is 9.68. The van der Waals surface area contributed by atoms with Crippen LogP contribution in [0.4, 0.5) is 0 Å². The summed E-state index contributed by atoms with van der Waals surface area (Å²) in [6, 6.07) is 9.10. The molecule has 0 saturated heterocycles. The van der Waals surface area contributed by atoms with E-state index in [0.717, 1.165) is 5.56 Å². The van der Waals surface area contributed by atoms with E-state index in [1.54, 1.807) is 12.1 Å². The van der Waals surface area contributed by atoms with Crippen molar-refractivity contribution in [3.05, 3.63) is 42.5 Å². The van der Waals surface area contributed by atoms with Gasteiger partial charge in [0.25, 0.3) is 5.91 Å². The Morgan fingerprint density at radius 3 is 2.54 bits per heavy atom. The highest BCUT2D eigenvalue weighted by Gasteiger charge is 2.06. The molecule has 0 radical (unpaired) electrons. The van der Waals surface area contributed by atoms with Gasteiger partial charge < -0.3 is 10.4 Å². The third-order valence-corrected chi connectivity index (χ3v) is 1.64. The molecule has 2 N–H and O–H groups in total. The highest BCUT2D eigenvalue weighted by atomic mass is 16.3. The van der Waals surface area contributed by atoms with E-state index in [2.05, 4.69) is 11.9 Å². The Bertz CT molecular complexity index is 306. The molecule has 0 aliphatic rings. The molecule has 3 heteroatoms. The van der Waals surface area contributed by atoms with Gasteiger partial charge in [-0.3, -0.25) is 4.79 Å². The average Bonchev–Trinajstić information content (AvgIpc) is 2.18. The van der Waals surface area contributed by atoms with Crippen molar-refractivity contribution in [1.29, 1.82) is 0 Å². The minimum Gasteiger partial charge on any atom is -0.376 e. The van der Waals surface area contributed by atoms with Gasteiger partial charge >= 0.3 is 0 Å². The summed E-state index contributed by atoms with van der Waals surface area (Å²) in [5.41, 5.74) is 1.11. The highest BCUT2D eigenvalue weighted by molar-refractivity contribution is 6.18. The Balaban J connectivity index is 2.74. The Morgan fingerprint density at radius 1 is 1.38 bits per heavy atom. The van der Waals surface area contributed by atoms with Crippen LogP contribution in [0.5, 0.6) is 0 Å². The maximum Gasteiger partial charge on any atom is 0.253 e. The van der Waals surface area contributed by atoms with Crippen molar-refractivity contribution in [2.45, 2.75) is 0 Å². The van der Waals surface area contributed by atoms with Gasteiger partial charge in [0.2, 0.25) is 0 Å². The molecule has 1 amide bonds. The molecule has 3 nitrogen and oxygen atoms in total. The number of hydrogen-bond acceptors (Lipinski definition) is 2. The topological polar surface area (TPSA) is 49.3 Å². The van der Waals surface area contributed by atoms with Gasteiger partial charge in [-0.2, -0.15) is 0 Å². The zero-order valence-electron chi connectivity index (χ0n) is 7.16. The molecule has 13 heavy (non-hydrogen) atoms. The summed E-state index contributed by atoms with van der Waals surface area (Å²) in [4.78, 5) is 11.2. The number of amides is 1. The third kappa shape index (κ3) is 2.42. The summed E-state index contributed by atoms with van der Waals surface area (Å²) in [7, 11) is 0. The summed E-state index contributed by atoms with van der Waals surface area (Å²) in [6.45, 7) is 3.25. The molecule has 0 spiro atoms. The lowest BCUT2D eigenvalue weighted by Crippen LogP contribution is -2.24. The van der Waals surface area contributed by atoms with Crippen LogP contribution in [0.1, 0.15) is 5.56 Å². The molecule has 0 atom stereocenters. The largest absolute Gasteiger partial charge is 0.376 e. The predicted octanol–water partition coefficient (Wildman–Crippen LogP) is 0.766. The van der Waals surface area contributed by atoms with Crippen LogP contribution in [0.25, 0.3) is 5.57 Å². The van der Waals surface area contributed by atoms with Crippen LogP contribution in [0.2, 0.25) is 0 Å². The fraction of sp³-hybridized carbons (Fsp3) is 0.100. The van der Waals surface area contributed by atoms with Crippen molar-refractivity contribution in [2.24, 2.45) is 0 Å². The van der Waals surface area contributed by atoms with Gasteiger partial charge in [-0.25, -0.2) is 0 Å². The standard InChI is InChI=1S/C10H11NO2/c1-8(10(13)11-7-12)9-5-3-2-4-6-9/h2-6,12H,1,7H2,(H,11,13). The number of carbonyl (C=O) groups is 1. The molecule has 1 rings (SSSR count). The van der Waals surface area contributed by atoms with E-state index in [1.165, 1.54) is 0 Å². The summed E-state index contributed by atoms with van der Waals surface area (Å²) in [5.74, 6) is -0.353. The monoisotopic (exact) mass is 177 g/mol. The van der Waals surface area contributed by atoms with E-state index in [9.17, 15) is 4.79 Å². The highest BCUT2D eigenvalue weighted by Crippen LogP contribution is 2.10. The molecule has 0 heterocycles. The lowest BCUT2D eigenvalue weighted by molar-refractivity contribution is -0.116. The van der Waals surface area contributed by atoms with Gasteiger partial charge in [-0.15, -0.1) is 0 Å². The molecule has 0 aromatic heterocycles. The molecule has 0 bridgehead atoms. The van der Waals surface area contributed by atoms with E-state index >= 15 is 0 Å². The molecule has 0 fully saturated rings. The van der Waals surface area contributed by atoms with Crippen molar-refractivity contribution in [1.82, 2.24) is 5.32 Å². The second kappa shape index (κ2) is 4.42. The van der Waals surface area contributed by atoms with Gasteiger partial charge in [-0.05, 0) is 5.56 Å². The predicted molar refractivity (Wildman–Crippen MR) is 50.7 cm³/mol. The van der Waals surface area contributed by atoms with Gasteiger partial charge in [0.05, 0.1) is 0 Å². The molecule has 1 aromatic carbocycles. The number of aliphatic hydroxyl groups is 1. The average molecular weight is 177 g/mol. The molecule has 1 aromatic rings. The molecule has 0 aliphatic carbocycles. The maximum atomic E-state index is 11.2. The Hall–Kier alpha value is -1.61. The zero-order valence-corrected chi connectivity index (χ0v) is 7.16. The van der Waals surface area contributed by atoms with Crippen molar-refractivity contribution in [2.75, 3.05) is 6.73 Å². The van der Waals surface area contributed by atoms with Crippen LogP contribution in [0, 0.1) is 0 Å². The van der Waals surface area contributed by atoms with E-state index in [1.807, 2.05) is 18.2 Å². The molecule has 0 unspecified atom stereocenters. The first-order valence-corrected chi connectivity index (χ1v) is 3.89. The van der Waals surface area contributed by atoms with Crippen molar-refractivity contribution >= 4 is 11.5 Å². The maximum absolute atomic E-state index is 11.2. The van der Waals surface area contributed by atoms with Gasteiger partial charge in [0, 0.05) is 5.57 Å². The number of rotatable bonds is 3. The van der Waals surface area contributed by atoms with Crippen LogP contribution < -0.4 is 5.32 Å². The quantitative estimate of drug-likeness (QED) is 0.529. The smallest absolute Gasteiger partial charge is 0.253 e. The summed E-state index contributed by atoms with van der Waals surface area (Å²) < 4.78 is 0. The fourth-order valence-electron chi connectivity index (χ4n) is 0.949. The van der Waals surface area contributed by atoms with E-state index in [0.29, 0.717) is 5.57 Å². The number of carbonyl (C=O) groups excluding carboxylic acids is 1. The molecule has 68 valence electrons. The van der Waals surface area contributed by atoms with Crippen LogP contribution in [0.15, 0.2) is 36.9 Å². The van der Waals surface area contributed by atoms with Crippen molar-refractivity contribution in [3.63, 3.8) is 0 Å². The van der Waals surface area contributed by atoms with Crippen molar-refractivity contribution in [3.8, 4) is 0 Å². The SMILES string of the molecule is C=C(C(=O)NCO)c1ccccc1. The normalized spacial score (nSPS) is 9.31. The molecular weight excluding hydrogens is 166 g/mol. The molecule has 0 saturated carbocycles. The minimum absolute atomic E-state index is 0.353. The number of hydrogen-bond donors (Lipinski definition) is 2. The first kappa shape index (κ1) is 9.48. The van der Waals surface area contributed by atoms with Crippen LogP contribution in [0.3, 0.4) is 0 Å². The first-order valence-electron chi connectivity index (χ1n) is 3.89. The molecular formula is C10H11NO2. The fourth-order valence-corrected chi connectivity index (χ4v) is 0.949. The van der Waals surface area contributed by atoms with Gasteiger partial charge in [0.15, 0.2) is 0 Å². The Labute approximate surface area is 76.7 Å². The van der Waals surface area contributed by atoms with E-state index < -0.39 is 0 Å². The molecule has 0 aliphatic heterocycles. The summed E-state index contributed by atoms with van der Waals surface area (Å²) >= 11 is 0. The summed E-state index contributed by atoms with van der Waals surface area (Å²) in [6.07, 6.45) is 0. The Morgan fingerprint density at radius 2 is 2.00 bits per heavy atom.